The predicted octanol–water partition coefficient (Wildman–Crippen LogP) is 2.76. The molecule has 0 aliphatic carbocycles. The Balaban J connectivity index is 0.000000640. The van der Waals surface area contributed by atoms with Crippen LogP contribution >= 0.6 is 15.9 Å². The summed E-state index contributed by atoms with van der Waals surface area (Å²) in [6.07, 6.45) is 0. The summed E-state index contributed by atoms with van der Waals surface area (Å²) >= 11 is 3.35. The molecule has 0 saturated carbocycles. The Morgan fingerprint density at radius 2 is 1.56 bits per heavy atom. The molecule has 0 nitrogen and oxygen atoms in total. The van der Waals surface area contributed by atoms with Crippen LogP contribution in [0.3, 0.4) is 0 Å². The molecule has 0 heterocycles. The zero-order chi connectivity index (χ0) is 5.98. The van der Waals surface area contributed by atoms with Gasteiger partial charge in [0, 0.05) is 24.0 Å². The Kier molecular flexibility index (Phi) is 4.34. The van der Waals surface area contributed by atoms with Crippen LogP contribution in [0.1, 0.15) is 5.56 Å². The second kappa shape index (κ2) is 4.19. The minimum absolute atomic E-state index is 0. The van der Waals surface area contributed by atoms with Gasteiger partial charge in [-0.25, -0.2) is 0 Å². The normalized spacial score (nSPS) is 8.22. The van der Waals surface area contributed by atoms with Crippen molar-refractivity contribution in [1.29, 1.82) is 0 Å². The fraction of sp³-hybridized carbons (Fsp3) is 0.143. The van der Waals surface area contributed by atoms with Crippen LogP contribution < -0.4 is 0 Å². The standard InChI is InChI=1S/C7H7Br.Zn/c1-6-2-4-7(8)5-3-6;/h2-5H,1H3;. The zero-order valence-electron chi connectivity index (χ0n) is 5.39. The van der Waals surface area contributed by atoms with Crippen molar-refractivity contribution in [3.05, 3.63) is 34.3 Å². The topological polar surface area (TPSA) is 0 Å². The van der Waals surface area contributed by atoms with Crippen molar-refractivity contribution in [2.75, 3.05) is 0 Å². The van der Waals surface area contributed by atoms with Crippen molar-refractivity contribution in [1.82, 2.24) is 0 Å². The smallest absolute Gasteiger partial charge is 0.0175 e. The molecule has 9 heavy (non-hydrogen) atoms. The fourth-order valence-electron chi connectivity index (χ4n) is 0.533. The maximum atomic E-state index is 3.35. The van der Waals surface area contributed by atoms with Crippen LogP contribution in [0, 0.1) is 6.92 Å². The predicted molar refractivity (Wildman–Crippen MR) is 38.9 cm³/mol. The van der Waals surface area contributed by atoms with E-state index in [9.17, 15) is 0 Å². The van der Waals surface area contributed by atoms with Crippen LogP contribution in [0.5, 0.6) is 0 Å². The summed E-state index contributed by atoms with van der Waals surface area (Å²) in [7, 11) is 0. The molecule has 0 aromatic heterocycles. The Bertz CT molecular complexity index is 148. The number of halogens is 1. The van der Waals surface area contributed by atoms with Gasteiger partial charge in [-0.1, -0.05) is 33.6 Å². The summed E-state index contributed by atoms with van der Waals surface area (Å²) in [4.78, 5) is 0. The first kappa shape index (κ1) is 9.32. The van der Waals surface area contributed by atoms with Gasteiger partial charge in [0.15, 0.2) is 0 Å². The molecule has 0 fully saturated rings. The molecule has 0 amide bonds. The Morgan fingerprint density at radius 3 is 1.89 bits per heavy atom. The van der Waals surface area contributed by atoms with E-state index in [4.69, 9.17) is 0 Å². The van der Waals surface area contributed by atoms with Gasteiger partial charge in [0.25, 0.3) is 0 Å². The number of hydrogen-bond acceptors (Lipinski definition) is 0. The average Bonchev–Trinajstić information content (AvgIpc) is 1.77. The molecule has 1 aromatic carbocycles. The summed E-state index contributed by atoms with van der Waals surface area (Å²) in [5.74, 6) is 0. The van der Waals surface area contributed by atoms with Gasteiger partial charge >= 0.3 is 0 Å². The third-order valence-corrected chi connectivity index (χ3v) is 1.54. The van der Waals surface area contributed by atoms with Gasteiger partial charge in [-0.2, -0.15) is 0 Å². The van der Waals surface area contributed by atoms with Crippen LogP contribution in [0.4, 0.5) is 0 Å². The molecule has 44 valence electrons. The van der Waals surface area contributed by atoms with E-state index in [-0.39, 0.29) is 19.5 Å². The van der Waals surface area contributed by atoms with E-state index >= 15 is 0 Å². The van der Waals surface area contributed by atoms with Crippen LogP contribution in [0.2, 0.25) is 0 Å². The maximum absolute atomic E-state index is 3.35. The van der Waals surface area contributed by atoms with Gasteiger partial charge in [0.2, 0.25) is 0 Å². The van der Waals surface area contributed by atoms with Crippen LogP contribution in [0.25, 0.3) is 0 Å². The minimum atomic E-state index is 0. The third kappa shape index (κ3) is 3.12. The fourth-order valence-corrected chi connectivity index (χ4v) is 0.798. The van der Waals surface area contributed by atoms with Gasteiger partial charge in [0.05, 0.1) is 0 Å². The van der Waals surface area contributed by atoms with E-state index in [2.05, 4.69) is 35.0 Å². The van der Waals surface area contributed by atoms with Crippen molar-refractivity contribution >= 4 is 15.9 Å². The van der Waals surface area contributed by atoms with Crippen LogP contribution in [0.15, 0.2) is 28.7 Å². The van der Waals surface area contributed by atoms with Crippen molar-refractivity contribution in [3.63, 3.8) is 0 Å². The Morgan fingerprint density at radius 1 is 1.11 bits per heavy atom. The third-order valence-electron chi connectivity index (χ3n) is 1.01. The van der Waals surface area contributed by atoms with Crippen LogP contribution in [-0.2, 0) is 19.5 Å². The summed E-state index contributed by atoms with van der Waals surface area (Å²) in [5, 5.41) is 0. The molecule has 0 atom stereocenters. The molecule has 0 spiro atoms. The maximum Gasteiger partial charge on any atom is 0.0175 e. The molecular formula is C7H7BrZn. The summed E-state index contributed by atoms with van der Waals surface area (Å²) in [6.45, 7) is 2.08. The van der Waals surface area contributed by atoms with Crippen molar-refractivity contribution in [2.45, 2.75) is 6.92 Å². The number of aryl methyl sites for hydroxylation is 1. The Hall–Kier alpha value is 0.323. The quantitative estimate of drug-likeness (QED) is 0.608. The first-order valence-corrected chi connectivity index (χ1v) is 3.30. The van der Waals surface area contributed by atoms with Crippen LogP contribution in [-0.4, -0.2) is 0 Å². The van der Waals surface area contributed by atoms with Crippen molar-refractivity contribution in [3.8, 4) is 0 Å². The number of hydrogen-bond donors (Lipinski definition) is 0. The van der Waals surface area contributed by atoms with E-state index in [1.54, 1.807) is 0 Å². The zero-order valence-corrected chi connectivity index (χ0v) is 9.95. The molecule has 0 saturated heterocycles. The second-order valence-corrected chi connectivity index (χ2v) is 2.71. The molecule has 0 bridgehead atoms. The number of benzene rings is 1. The Labute approximate surface area is 76.5 Å². The molecule has 0 aliphatic rings. The van der Waals surface area contributed by atoms with E-state index < -0.39 is 0 Å². The van der Waals surface area contributed by atoms with E-state index in [1.807, 2.05) is 12.1 Å². The molecule has 0 aliphatic heterocycles. The molecule has 0 unspecified atom stereocenters. The van der Waals surface area contributed by atoms with Crippen molar-refractivity contribution in [2.24, 2.45) is 0 Å². The van der Waals surface area contributed by atoms with E-state index in [0.717, 1.165) is 4.47 Å². The molecule has 1 aromatic rings. The van der Waals surface area contributed by atoms with E-state index in [0.29, 0.717) is 0 Å². The molecule has 1 rings (SSSR count). The summed E-state index contributed by atoms with van der Waals surface area (Å²) < 4.78 is 1.14. The van der Waals surface area contributed by atoms with Crippen molar-refractivity contribution < 1.29 is 19.5 Å². The average molecular weight is 236 g/mol. The van der Waals surface area contributed by atoms with Gasteiger partial charge in [-0.3, -0.25) is 0 Å². The molecule has 0 N–H and O–H groups in total. The van der Waals surface area contributed by atoms with E-state index in [1.165, 1.54) is 5.56 Å². The minimum Gasteiger partial charge on any atom is -0.0582 e. The largest absolute Gasteiger partial charge is 0.0582 e. The molecule has 0 radical (unpaired) electrons. The summed E-state index contributed by atoms with van der Waals surface area (Å²) in [5.41, 5.74) is 1.30. The number of rotatable bonds is 0. The molecular weight excluding hydrogens is 229 g/mol. The summed E-state index contributed by atoms with van der Waals surface area (Å²) in [6, 6.07) is 8.22. The molecule has 2 heteroatoms. The second-order valence-electron chi connectivity index (χ2n) is 1.80. The van der Waals surface area contributed by atoms with Gasteiger partial charge in [-0.05, 0) is 19.1 Å². The first-order valence-electron chi connectivity index (χ1n) is 2.51. The first-order chi connectivity index (χ1) is 3.79. The van der Waals surface area contributed by atoms with Gasteiger partial charge < -0.3 is 0 Å². The van der Waals surface area contributed by atoms with Gasteiger partial charge in [0.1, 0.15) is 0 Å². The van der Waals surface area contributed by atoms with Gasteiger partial charge in [-0.15, -0.1) is 0 Å². The SMILES string of the molecule is Cc1ccc(Br)cc1.[Zn]. The monoisotopic (exact) mass is 234 g/mol.